The molecule has 6 heteroatoms. The third-order valence-corrected chi connectivity index (χ3v) is 4.39. The summed E-state index contributed by atoms with van der Waals surface area (Å²) in [4.78, 5) is 5.09. The minimum Gasteiger partial charge on any atom is -0.454 e. The van der Waals surface area contributed by atoms with Crippen molar-refractivity contribution >= 4 is 22.0 Å². The molecule has 106 valence electrons. The van der Waals surface area contributed by atoms with Crippen molar-refractivity contribution in [1.29, 1.82) is 0 Å². The summed E-state index contributed by atoms with van der Waals surface area (Å²) in [5, 5.41) is 3.69. The molecule has 0 radical (unpaired) electrons. The summed E-state index contributed by atoms with van der Waals surface area (Å²) in [7, 11) is -1.17. The van der Waals surface area contributed by atoms with Crippen molar-refractivity contribution in [1.82, 2.24) is 5.32 Å². The van der Waals surface area contributed by atoms with Crippen LogP contribution in [0.5, 0.6) is 11.5 Å². The lowest BCUT2D eigenvalue weighted by atomic mass is 10.2. The van der Waals surface area contributed by atoms with E-state index in [1.165, 1.54) is 0 Å². The zero-order valence-electron chi connectivity index (χ0n) is 11.2. The number of hydrogen-bond acceptors (Lipinski definition) is 5. The van der Waals surface area contributed by atoms with E-state index in [9.17, 15) is 4.21 Å². The van der Waals surface area contributed by atoms with Crippen LogP contribution in [0, 0.1) is 0 Å². The Bertz CT molecular complexity index is 610. The van der Waals surface area contributed by atoms with E-state index in [-0.39, 0.29) is 6.79 Å². The van der Waals surface area contributed by atoms with Gasteiger partial charge in [-0.15, -0.1) is 0 Å². The van der Waals surface area contributed by atoms with E-state index < -0.39 is 10.8 Å². The molecular formula is C14H16N2O3S. The molecule has 1 atom stereocenters. The first-order chi connectivity index (χ1) is 9.78. The van der Waals surface area contributed by atoms with Crippen LogP contribution in [0.1, 0.15) is 18.9 Å². The van der Waals surface area contributed by atoms with Crippen molar-refractivity contribution in [3.8, 4) is 11.5 Å². The van der Waals surface area contributed by atoms with E-state index in [1.54, 1.807) is 0 Å². The van der Waals surface area contributed by atoms with E-state index in [0.29, 0.717) is 11.7 Å². The first-order valence-corrected chi connectivity index (χ1v) is 7.73. The monoisotopic (exact) mass is 292 g/mol. The third kappa shape index (κ3) is 2.56. The van der Waals surface area contributed by atoms with Crippen molar-refractivity contribution in [2.24, 2.45) is 4.99 Å². The summed E-state index contributed by atoms with van der Waals surface area (Å²) in [5.41, 5.74) is 0.949. The van der Waals surface area contributed by atoms with Crippen molar-refractivity contribution in [3.63, 3.8) is 0 Å². The highest BCUT2D eigenvalue weighted by Crippen LogP contribution is 2.33. The zero-order valence-corrected chi connectivity index (χ0v) is 12.0. The molecule has 0 aromatic heterocycles. The number of rotatable bonds is 3. The Hall–Kier alpha value is -1.82. The molecule has 0 amide bonds. The maximum absolute atomic E-state index is 12.2. The van der Waals surface area contributed by atoms with Gasteiger partial charge in [-0.2, -0.15) is 0 Å². The second kappa shape index (κ2) is 5.66. The minimum absolute atomic E-state index is 0.259. The summed E-state index contributed by atoms with van der Waals surface area (Å²) in [5.74, 6) is 1.48. The molecule has 2 aliphatic rings. The van der Waals surface area contributed by atoms with Crippen LogP contribution in [-0.2, 0) is 10.8 Å². The van der Waals surface area contributed by atoms with Crippen LogP contribution in [0.25, 0.3) is 6.08 Å². The van der Waals surface area contributed by atoms with Gasteiger partial charge in [-0.3, -0.25) is 4.99 Å². The lowest BCUT2D eigenvalue weighted by Gasteiger charge is -2.03. The highest BCUT2D eigenvalue weighted by molar-refractivity contribution is 8.04. The standard InChI is InChI=1S/C14H16N2O3S/c1-2-5-15-14-16-8-11(20(14)17)6-10-3-4-12-13(7-10)19-9-18-12/h3-4,6-7H,2,5,8-9H2,1H3,(H,15,16)/b11-6+. The van der Waals surface area contributed by atoms with Crippen LogP contribution < -0.4 is 14.8 Å². The molecule has 0 aliphatic carbocycles. The fourth-order valence-corrected chi connectivity index (χ4v) is 3.12. The Labute approximate surface area is 120 Å². The Morgan fingerprint density at radius 3 is 3.10 bits per heavy atom. The average molecular weight is 292 g/mol. The van der Waals surface area contributed by atoms with Gasteiger partial charge in [-0.1, -0.05) is 13.0 Å². The summed E-state index contributed by atoms with van der Waals surface area (Å²) in [6.45, 7) is 3.60. The van der Waals surface area contributed by atoms with E-state index >= 15 is 0 Å². The fourth-order valence-electron chi connectivity index (χ4n) is 2.03. The van der Waals surface area contributed by atoms with E-state index in [2.05, 4.69) is 17.2 Å². The second-order valence-electron chi connectivity index (χ2n) is 4.54. The maximum atomic E-state index is 12.2. The highest BCUT2D eigenvalue weighted by atomic mass is 32.2. The fraction of sp³-hybridized carbons (Fsp3) is 0.357. The summed E-state index contributed by atoms with van der Waals surface area (Å²) in [6, 6.07) is 5.68. The van der Waals surface area contributed by atoms with Crippen LogP contribution in [0.3, 0.4) is 0 Å². The van der Waals surface area contributed by atoms with E-state index in [4.69, 9.17) is 9.47 Å². The van der Waals surface area contributed by atoms with Gasteiger partial charge in [0.15, 0.2) is 16.7 Å². The Morgan fingerprint density at radius 1 is 1.40 bits per heavy atom. The molecule has 3 rings (SSSR count). The zero-order chi connectivity index (χ0) is 13.9. The molecule has 1 unspecified atom stereocenters. The predicted octanol–water partition coefficient (Wildman–Crippen LogP) is 1.87. The number of ether oxygens (including phenoxy) is 2. The summed E-state index contributed by atoms with van der Waals surface area (Å²) >= 11 is 0. The van der Waals surface area contributed by atoms with Gasteiger partial charge in [0.1, 0.15) is 10.8 Å². The van der Waals surface area contributed by atoms with Gasteiger partial charge in [0.25, 0.3) is 0 Å². The Kier molecular flexibility index (Phi) is 3.73. The van der Waals surface area contributed by atoms with Crippen LogP contribution in [0.2, 0.25) is 0 Å². The van der Waals surface area contributed by atoms with Crippen LogP contribution in [0.15, 0.2) is 28.1 Å². The van der Waals surface area contributed by atoms with Crippen molar-refractivity contribution in [3.05, 3.63) is 28.7 Å². The molecule has 0 fully saturated rings. The quantitative estimate of drug-likeness (QED) is 0.924. The maximum Gasteiger partial charge on any atom is 0.231 e. The van der Waals surface area contributed by atoms with Gasteiger partial charge >= 0.3 is 0 Å². The number of nitrogens with zero attached hydrogens (tertiary/aromatic N) is 1. The van der Waals surface area contributed by atoms with Gasteiger partial charge in [0.2, 0.25) is 6.79 Å². The van der Waals surface area contributed by atoms with Gasteiger partial charge in [0, 0.05) is 11.4 Å². The molecule has 5 nitrogen and oxygen atoms in total. The topological polar surface area (TPSA) is 59.9 Å². The van der Waals surface area contributed by atoms with Crippen molar-refractivity contribution in [2.75, 3.05) is 19.9 Å². The predicted molar refractivity (Wildman–Crippen MR) is 79.3 cm³/mol. The summed E-state index contributed by atoms with van der Waals surface area (Å²) < 4.78 is 22.8. The number of benzene rings is 1. The molecule has 2 aliphatic heterocycles. The lowest BCUT2D eigenvalue weighted by Crippen LogP contribution is -2.25. The molecule has 1 aromatic rings. The first kappa shape index (κ1) is 13.2. The van der Waals surface area contributed by atoms with Gasteiger partial charge in [0.05, 0.1) is 6.54 Å². The average Bonchev–Trinajstić information content (AvgIpc) is 3.05. The van der Waals surface area contributed by atoms with E-state index in [0.717, 1.165) is 34.9 Å². The number of amidine groups is 1. The minimum atomic E-state index is -1.17. The second-order valence-corrected chi connectivity index (χ2v) is 5.99. The molecule has 1 aromatic carbocycles. The molecule has 1 N–H and O–H groups in total. The molecule has 2 heterocycles. The first-order valence-electron chi connectivity index (χ1n) is 6.58. The number of hydrogen-bond donors (Lipinski definition) is 1. The summed E-state index contributed by atoms with van der Waals surface area (Å²) in [6.07, 6.45) is 2.89. The molecule has 0 bridgehead atoms. The molecular weight excluding hydrogens is 276 g/mol. The molecule has 20 heavy (non-hydrogen) atoms. The van der Waals surface area contributed by atoms with Gasteiger partial charge in [-0.05, 0) is 30.2 Å². The normalized spacial score (nSPS) is 22.1. The van der Waals surface area contributed by atoms with Gasteiger partial charge in [-0.25, -0.2) is 4.21 Å². The number of fused-ring (bicyclic) bond motifs is 1. The third-order valence-electron chi connectivity index (χ3n) is 3.04. The Balaban J connectivity index is 1.76. The van der Waals surface area contributed by atoms with Crippen LogP contribution in [0.4, 0.5) is 0 Å². The van der Waals surface area contributed by atoms with Crippen molar-refractivity contribution in [2.45, 2.75) is 13.3 Å². The SMILES string of the molecule is CCCNC1=NC/C(=C\c2ccc3c(c2)OCO3)S1=O. The largest absolute Gasteiger partial charge is 0.454 e. The van der Waals surface area contributed by atoms with Crippen molar-refractivity contribution < 1.29 is 13.7 Å². The molecule has 0 spiro atoms. The van der Waals surface area contributed by atoms with Crippen LogP contribution in [-0.4, -0.2) is 29.3 Å². The van der Waals surface area contributed by atoms with Crippen LogP contribution >= 0.6 is 0 Å². The number of nitrogens with one attached hydrogen (secondary N) is 1. The number of aliphatic imine (C=N–C) groups is 1. The highest BCUT2D eigenvalue weighted by Gasteiger charge is 2.21. The smallest absolute Gasteiger partial charge is 0.231 e. The Morgan fingerprint density at radius 2 is 2.25 bits per heavy atom. The van der Waals surface area contributed by atoms with Gasteiger partial charge < -0.3 is 14.8 Å². The van der Waals surface area contributed by atoms with E-state index in [1.807, 2.05) is 24.3 Å². The molecule has 0 saturated carbocycles. The lowest BCUT2D eigenvalue weighted by molar-refractivity contribution is 0.174. The molecule has 0 saturated heterocycles.